The van der Waals surface area contributed by atoms with Crippen LogP contribution in [-0.4, -0.2) is 41.7 Å². The van der Waals surface area contributed by atoms with Crippen molar-refractivity contribution in [3.8, 4) is 11.6 Å². The third-order valence-electron chi connectivity index (χ3n) is 5.11. The van der Waals surface area contributed by atoms with Gasteiger partial charge in [0.25, 0.3) is 11.8 Å². The second-order valence-corrected chi connectivity index (χ2v) is 8.59. The number of alkyl halides is 3. The molecule has 0 spiro atoms. The Morgan fingerprint density at radius 3 is 2.58 bits per heavy atom. The normalized spacial score (nSPS) is 18.4. The molecule has 1 aromatic heterocycles. The molecule has 1 aromatic carbocycles. The van der Waals surface area contributed by atoms with Crippen molar-refractivity contribution in [2.24, 2.45) is 5.73 Å². The number of hydrogen-bond acceptors (Lipinski definition) is 5. The van der Waals surface area contributed by atoms with Crippen molar-refractivity contribution >= 4 is 27.7 Å². The molecule has 0 atom stereocenters. The second-order valence-electron chi connectivity index (χ2n) is 7.67. The third kappa shape index (κ3) is 7.62. The van der Waals surface area contributed by atoms with E-state index >= 15 is 0 Å². The molecule has 0 unspecified atom stereocenters. The average molecular weight is 530 g/mol. The minimum absolute atomic E-state index is 0.0923. The van der Waals surface area contributed by atoms with Gasteiger partial charge in [0.1, 0.15) is 17.4 Å². The van der Waals surface area contributed by atoms with Gasteiger partial charge in [-0.05, 0) is 56.0 Å². The number of pyridine rings is 1. The molecule has 0 radical (unpaired) electrons. The van der Waals surface area contributed by atoms with E-state index in [-0.39, 0.29) is 40.8 Å². The summed E-state index contributed by atoms with van der Waals surface area (Å²) in [7, 11) is 0. The van der Waals surface area contributed by atoms with E-state index in [4.69, 9.17) is 15.2 Å². The molecule has 178 valence electrons. The molecule has 0 bridgehead atoms. The highest BCUT2D eigenvalue weighted by Gasteiger charge is 2.27. The van der Waals surface area contributed by atoms with Crippen LogP contribution in [0.3, 0.4) is 0 Å². The topological polar surface area (TPSA) is 104 Å². The van der Waals surface area contributed by atoms with Gasteiger partial charge in [0.15, 0.2) is 0 Å². The molecule has 0 saturated heterocycles. The SMILES string of the molecule is NC(=O)c1cccnc1O[C@H]1CC[C@H](NC(=O)c2cc(Br)cc(OCCC(F)(F)F)c2)CC1. The summed E-state index contributed by atoms with van der Waals surface area (Å²) < 4.78 is 48.5. The predicted molar refractivity (Wildman–Crippen MR) is 117 cm³/mol. The van der Waals surface area contributed by atoms with Crippen molar-refractivity contribution < 1.29 is 32.2 Å². The highest BCUT2D eigenvalue weighted by atomic mass is 79.9. The fourth-order valence-electron chi connectivity index (χ4n) is 3.49. The average Bonchev–Trinajstić information content (AvgIpc) is 2.74. The molecular weight excluding hydrogens is 507 g/mol. The lowest BCUT2D eigenvalue weighted by atomic mass is 9.92. The Balaban J connectivity index is 1.52. The molecule has 11 heteroatoms. The van der Waals surface area contributed by atoms with E-state index < -0.39 is 25.1 Å². The zero-order chi connectivity index (χ0) is 24.0. The van der Waals surface area contributed by atoms with Crippen molar-refractivity contribution in [2.75, 3.05) is 6.61 Å². The summed E-state index contributed by atoms with van der Waals surface area (Å²) in [6.45, 7) is -0.529. The number of ether oxygens (including phenoxy) is 2. The van der Waals surface area contributed by atoms with Crippen molar-refractivity contribution in [3.63, 3.8) is 0 Å². The lowest BCUT2D eigenvalue weighted by Gasteiger charge is -2.29. The maximum absolute atomic E-state index is 12.7. The van der Waals surface area contributed by atoms with Crippen LogP contribution in [0.5, 0.6) is 11.6 Å². The van der Waals surface area contributed by atoms with Crippen LogP contribution in [0.25, 0.3) is 0 Å². The van der Waals surface area contributed by atoms with Gasteiger partial charge in [0.2, 0.25) is 5.88 Å². The highest BCUT2D eigenvalue weighted by Crippen LogP contribution is 2.27. The van der Waals surface area contributed by atoms with Crippen molar-refractivity contribution in [1.82, 2.24) is 10.3 Å². The molecule has 3 N–H and O–H groups in total. The van der Waals surface area contributed by atoms with Gasteiger partial charge in [-0.2, -0.15) is 13.2 Å². The summed E-state index contributed by atoms with van der Waals surface area (Å²) in [6, 6.07) is 7.56. The summed E-state index contributed by atoms with van der Waals surface area (Å²) in [4.78, 5) is 28.3. The zero-order valence-corrected chi connectivity index (χ0v) is 19.1. The Labute approximate surface area is 197 Å². The molecule has 1 heterocycles. The van der Waals surface area contributed by atoms with Crippen molar-refractivity contribution in [3.05, 3.63) is 52.1 Å². The van der Waals surface area contributed by atoms with E-state index in [1.807, 2.05) is 0 Å². The second kappa shape index (κ2) is 10.9. The third-order valence-corrected chi connectivity index (χ3v) is 5.57. The van der Waals surface area contributed by atoms with Gasteiger partial charge in [-0.15, -0.1) is 0 Å². The first kappa shape index (κ1) is 24.8. The number of primary amides is 1. The Morgan fingerprint density at radius 1 is 1.18 bits per heavy atom. The largest absolute Gasteiger partial charge is 0.493 e. The van der Waals surface area contributed by atoms with Crippen LogP contribution in [0.4, 0.5) is 13.2 Å². The number of nitrogens with zero attached hydrogens (tertiary/aromatic N) is 1. The molecule has 0 aliphatic heterocycles. The maximum Gasteiger partial charge on any atom is 0.392 e. The van der Waals surface area contributed by atoms with Crippen LogP contribution in [0.1, 0.15) is 52.8 Å². The van der Waals surface area contributed by atoms with E-state index in [0.717, 1.165) is 0 Å². The first-order chi connectivity index (χ1) is 15.6. The molecule has 1 saturated carbocycles. The Bertz CT molecular complexity index is 995. The monoisotopic (exact) mass is 529 g/mol. The molecule has 33 heavy (non-hydrogen) atoms. The number of halogens is 4. The van der Waals surface area contributed by atoms with Crippen molar-refractivity contribution in [2.45, 2.75) is 50.4 Å². The van der Waals surface area contributed by atoms with Crippen LogP contribution in [0.2, 0.25) is 0 Å². The van der Waals surface area contributed by atoms with Crippen LogP contribution < -0.4 is 20.5 Å². The van der Waals surface area contributed by atoms with Gasteiger partial charge in [-0.1, -0.05) is 15.9 Å². The van der Waals surface area contributed by atoms with Gasteiger partial charge in [-0.25, -0.2) is 4.98 Å². The number of amides is 2. The zero-order valence-electron chi connectivity index (χ0n) is 17.5. The van der Waals surface area contributed by atoms with E-state index in [0.29, 0.717) is 30.2 Å². The Morgan fingerprint density at radius 2 is 1.91 bits per heavy atom. The Kier molecular flexibility index (Phi) is 8.17. The first-order valence-corrected chi connectivity index (χ1v) is 11.1. The van der Waals surface area contributed by atoms with Gasteiger partial charge in [-0.3, -0.25) is 9.59 Å². The van der Waals surface area contributed by atoms with E-state index in [1.165, 1.54) is 18.3 Å². The van der Waals surface area contributed by atoms with Crippen LogP contribution in [-0.2, 0) is 0 Å². The molecule has 1 aliphatic carbocycles. The smallest absolute Gasteiger partial charge is 0.392 e. The predicted octanol–water partition coefficient (Wildman–Crippen LogP) is 4.39. The maximum atomic E-state index is 12.7. The number of aromatic nitrogens is 1. The minimum Gasteiger partial charge on any atom is -0.493 e. The fourth-order valence-corrected chi connectivity index (χ4v) is 3.96. The number of benzene rings is 1. The van der Waals surface area contributed by atoms with E-state index in [1.54, 1.807) is 18.2 Å². The van der Waals surface area contributed by atoms with Crippen LogP contribution in [0, 0.1) is 0 Å². The van der Waals surface area contributed by atoms with Gasteiger partial charge in [0.05, 0.1) is 13.0 Å². The minimum atomic E-state index is -4.31. The molecule has 3 rings (SSSR count). The molecular formula is C22H23BrF3N3O4. The van der Waals surface area contributed by atoms with Gasteiger partial charge >= 0.3 is 6.18 Å². The quantitative estimate of drug-likeness (QED) is 0.527. The van der Waals surface area contributed by atoms with Crippen molar-refractivity contribution in [1.29, 1.82) is 0 Å². The first-order valence-electron chi connectivity index (χ1n) is 10.3. The summed E-state index contributed by atoms with van der Waals surface area (Å²) in [6.07, 6.45) is -1.44. The summed E-state index contributed by atoms with van der Waals surface area (Å²) in [5, 5.41) is 2.94. The number of rotatable bonds is 8. The Hall–Kier alpha value is -2.82. The van der Waals surface area contributed by atoms with Crippen LogP contribution >= 0.6 is 15.9 Å². The van der Waals surface area contributed by atoms with Gasteiger partial charge < -0.3 is 20.5 Å². The van der Waals surface area contributed by atoms with Crippen LogP contribution in [0.15, 0.2) is 41.0 Å². The molecule has 1 fully saturated rings. The number of carbonyl (C=O) groups excluding carboxylic acids is 2. The lowest BCUT2D eigenvalue weighted by molar-refractivity contribution is -0.139. The molecule has 2 aromatic rings. The van der Waals surface area contributed by atoms with Gasteiger partial charge in [0, 0.05) is 22.3 Å². The van der Waals surface area contributed by atoms with E-state index in [9.17, 15) is 22.8 Å². The number of nitrogens with two attached hydrogens (primary N) is 1. The summed E-state index contributed by atoms with van der Waals surface area (Å²) in [5.74, 6) is -0.585. The lowest BCUT2D eigenvalue weighted by Crippen LogP contribution is -2.39. The van der Waals surface area contributed by atoms with E-state index in [2.05, 4.69) is 26.2 Å². The molecule has 2 amide bonds. The molecule has 1 aliphatic rings. The number of carbonyl (C=O) groups is 2. The fraction of sp³-hybridized carbons (Fsp3) is 0.409. The summed E-state index contributed by atoms with van der Waals surface area (Å²) in [5.41, 5.74) is 5.85. The summed E-state index contributed by atoms with van der Waals surface area (Å²) >= 11 is 3.26. The number of nitrogens with one attached hydrogen (secondary N) is 1. The number of hydrogen-bond donors (Lipinski definition) is 2. The highest BCUT2D eigenvalue weighted by molar-refractivity contribution is 9.10. The standard InChI is InChI=1S/C22H23BrF3N3O4/c23-14-10-13(11-17(12-14)32-9-7-22(24,25)26)20(31)29-15-3-5-16(6-4-15)33-21-18(19(27)30)2-1-8-28-21/h1-2,8,10-12,15-16H,3-7,9H2,(H2,27,30)(H,29,31)/t15-,16-. The molecule has 7 nitrogen and oxygen atoms in total.